The molecule has 0 bridgehead atoms. The highest BCUT2D eigenvalue weighted by atomic mass is 19.1. The van der Waals surface area contributed by atoms with Crippen molar-refractivity contribution in [2.75, 3.05) is 33.0 Å². The molecule has 3 saturated heterocycles. The van der Waals surface area contributed by atoms with E-state index in [0.29, 0.717) is 12.0 Å². The van der Waals surface area contributed by atoms with Crippen molar-refractivity contribution < 1.29 is 18.6 Å². The third-order valence-corrected chi connectivity index (χ3v) is 5.77. The van der Waals surface area contributed by atoms with Crippen LogP contribution < -0.4 is 0 Å². The van der Waals surface area contributed by atoms with Crippen molar-refractivity contribution in [3.05, 3.63) is 35.6 Å². The topological polar surface area (TPSA) is 30.9 Å². The first-order valence-corrected chi connectivity index (χ1v) is 9.59. The van der Waals surface area contributed by atoms with E-state index in [4.69, 9.17) is 14.2 Å². The van der Waals surface area contributed by atoms with Crippen LogP contribution in [0.25, 0.3) is 0 Å². The van der Waals surface area contributed by atoms with Crippen LogP contribution in [0.15, 0.2) is 24.3 Å². The van der Waals surface area contributed by atoms with E-state index in [1.54, 1.807) is 12.1 Å². The van der Waals surface area contributed by atoms with Gasteiger partial charge >= 0.3 is 0 Å². The second kappa shape index (κ2) is 8.12. The minimum atomic E-state index is -0.179. The second-order valence-corrected chi connectivity index (χ2v) is 7.53. The van der Waals surface area contributed by atoms with Crippen molar-refractivity contribution in [3.63, 3.8) is 0 Å². The van der Waals surface area contributed by atoms with Crippen LogP contribution in [-0.2, 0) is 20.8 Å². The molecule has 3 heterocycles. The SMILES string of the molecule is Fc1ccc(CN2C[C@@H](OCC3CCOCC3)[C@@H]3OCCC[C@@H]32)cc1. The first-order chi connectivity index (χ1) is 12.3. The maximum atomic E-state index is 13.1. The average molecular weight is 349 g/mol. The predicted octanol–water partition coefficient (Wildman–Crippen LogP) is 3.00. The Morgan fingerprint density at radius 3 is 2.68 bits per heavy atom. The first-order valence-electron chi connectivity index (χ1n) is 9.59. The summed E-state index contributed by atoms with van der Waals surface area (Å²) in [7, 11) is 0. The normalized spacial score (nSPS) is 31.2. The fourth-order valence-electron chi connectivity index (χ4n) is 4.33. The predicted molar refractivity (Wildman–Crippen MR) is 92.9 cm³/mol. The molecule has 4 rings (SSSR count). The third kappa shape index (κ3) is 4.22. The van der Waals surface area contributed by atoms with Gasteiger partial charge in [-0.2, -0.15) is 0 Å². The van der Waals surface area contributed by atoms with Crippen molar-refractivity contribution in [2.45, 2.75) is 50.5 Å². The minimum Gasteiger partial charge on any atom is -0.381 e. The van der Waals surface area contributed by atoms with Gasteiger partial charge in [0, 0.05) is 39.0 Å². The van der Waals surface area contributed by atoms with Crippen LogP contribution in [0.4, 0.5) is 4.39 Å². The minimum absolute atomic E-state index is 0.147. The Bertz CT molecular complexity index is 546. The Hall–Kier alpha value is -1.01. The summed E-state index contributed by atoms with van der Waals surface area (Å²) in [5, 5.41) is 0. The summed E-state index contributed by atoms with van der Waals surface area (Å²) in [6.07, 6.45) is 4.78. The van der Waals surface area contributed by atoms with Gasteiger partial charge in [0.2, 0.25) is 0 Å². The van der Waals surface area contributed by atoms with Gasteiger partial charge in [0.1, 0.15) is 11.9 Å². The van der Waals surface area contributed by atoms with Gasteiger partial charge in [-0.1, -0.05) is 12.1 Å². The average Bonchev–Trinajstić information content (AvgIpc) is 3.01. The highest BCUT2D eigenvalue weighted by molar-refractivity contribution is 5.17. The van der Waals surface area contributed by atoms with E-state index in [2.05, 4.69) is 4.90 Å². The summed E-state index contributed by atoms with van der Waals surface area (Å²) in [5.74, 6) is 0.434. The lowest BCUT2D eigenvalue weighted by Crippen LogP contribution is -2.42. The van der Waals surface area contributed by atoms with E-state index in [1.807, 2.05) is 12.1 Å². The number of halogens is 1. The lowest BCUT2D eigenvalue weighted by atomic mass is 10.0. The largest absolute Gasteiger partial charge is 0.381 e. The number of ether oxygens (including phenoxy) is 3. The molecule has 0 radical (unpaired) electrons. The molecule has 0 unspecified atom stereocenters. The van der Waals surface area contributed by atoms with Crippen LogP contribution in [0.2, 0.25) is 0 Å². The van der Waals surface area contributed by atoms with Crippen LogP contribution in [0, 0.1) is 11.7 Å². The summed E-state index contributed by atoms with van der Waals surface area (Å²) in [5.41, 5.74) is 1.15. The zero-order valence-electron chi connectivity index (χ0n) is 14.7. The first kappa shape index (κ1) is 17.4. The molecule has 0 N–H and O–H groups in total. The molecule has 3 fully saturated rings. The van der Waals surface area contributed by atoms with E-state index in [0.717, 1.165) is 70.8 Å². The molecule has 5 heteroatoms. The second-order valence-electron chi connectivity index (χ2n) is 7.53. The number of benzene rings is 1. The van der Waals surface area contributed by atoms with Gasteiger partial charge in [-0.15, -0.1) is 0 Å². The quantitative estimate of drug-likeness (QED) is 0.818. The third-order valence-electron chi connectivity index (χ3n) is 5.77. The zero-order valence-corrected chi connectivity index (χ0v) is 14.7. The summed E-state index contributed by atoms with van der Waals surface area (Å²) >= 11 is 0. The van der Waals surface area contributed by atoms with Gasteiger partial charge in [0.05, 0.1) is 12.7 Å². The zero-order chi connectivity index (χ0) is 17.1. The summed E-state index contributed by atoms with van der Waals surface area (Å²) < 4.78 is 31.0. The monoisotopic (exact) mass is 349 g/mol. The molecule has 0 aliphatic carbocycles. The molecular weight excluding hydrogens is 321 g/mol. The smallest absolute Gasteiger partial charge is 0.123 e. The molecule has 25 heavy (non-hydrogen) atoms. The van der Waals surface area contributed by atoms with Gasteiger partial charge in [0.25, 0.3) is 0 Å². The number of rotatable bonds is 5. The van der Waals surface area contributed by atoms with Gasteiger partial charge in [0.15, 0.2) is 0 Å². The van der Waals surface area contributed by atoms with E-state index < -0.39 is 0 Å². The van der Waals surface area contributed by atoms with E-state index in [1.165, 1.54) is 0 Å². The van der Waals surface area contributed by atoms with Crippen LogP contribution in [0.3, 0.4) is 0 Å². The Labute approximate surface area is 149 Å². The Balaban J connectivity index is 1.37. The lowest BCUT2D eigenvalue weighted by molar-refractivity contribution is -0.0892. The summed E-state index contributed by atoms with van der Waals surface area (Å²) in [6, 6.07) is 7.26. The van der Waals surface area contributed by atoms with Crippen molar-refractivity contribution in [2.24, 2.45) is 5.92 Å². The molecule has 1 aromatic rings. The fraction of sp³-hybridized carbons (Fsp3) is 0.700. The van der Waals surface area contributed by atoms with Gasteiger partial charge in [-0.25, -0.2) is 4.39 Å². The molecule has 3 atom stereocenters. The van der Waals surface area contributed by atoms with Crippen LogP contribution in [0.5, 0.6) is 0 Å². The number of likely N-dealkylation sites (tertiary alicyclic amines) is 1. The summed E-state index contributed by atoms with van der Waals surface area (Å²) in [4.78, 5) is 2.46. The number of nitrogens with zero attached hydrogens (tertiary/aromatic N) is 1. The molecular formula is C20H28FNO3. The van der Waals surface area contributed by atoms with Crippen molar-refractivity contribution in [3.8, 4) is 0 Å². The molecule has 4 nitrogen and oxygen atoms in total. The van der Waals surface area contributed by atoms with Crippen LogP contribution in [0.1, 0.15) is 31.2 Å². The molecule has 3 aliphatic heterocycles. The van der Waals surface area contributed by atoms with Crippen LogP contribution >= 0.6 is 0 Å². The maximum absolute atomic E-state index is 13.1. The molecule has 138 valence electrons. The Morgan fingerprint density at radius 2 is 1.88 bits per heavy atom. The summed E-state index contributed by atoms with van der Waals surface area (Å²) in [6.45, 7) is 5.10. The Kier molecular flexibility index (Phi) is 5.66. The highest BCUT2D eigenvalue weighted by Crippen LogP contribution is 2.32. The van der Waals surface area contributed by atoms with Crippen LogP contribution in [-0.4, -0.2) is 56.1 Å². The Morgan fingerprint density at radius 1 is 1.08 bits per heavy atom. The van der Waals surface area contributed by atoms with Crippen molar-refractivity contribution >= 4 is 0 Å². The lowest BCUT2D eigenvalue weighted by Gasteiger charge is -2.32. The van der Waals surface area contributed by atoms with E-state index in [9.17, 15) is 4.39 Å². The number of hydrogen-bond donors (Lipinski definition) is 0. The van der Waals surface area contributed by atoms with Gasteiger partial charge < -0.3 is 14.2 Å². The fourth-order valence-corrected chi connectivity index (χ4v) is 4.33. The van der Waals surface area contributed by atoms with Gasteiger partial charge in [-0.3, -0.25) is 4.90 Å². The maximum Gasteiger partial charge on any atom is 0.123 e. The molecule has 0 saturated carbocycles. The molecule has 0 spiro atoms. The van der Waals surface area contributed by atoms with E-state index in [-0.39, 0.29) is 18.0 Å². The molecule has 1 aromatic carbocycles. The standard InChI is InChI=1S/C20H28FNO3/c21-17-5-3-15(4-6-17)12-22-13-19(20-18(22)2-1-9-24-20)25-14-16-7-10-23-11-8-16/h3-6,16,18-20H,1-2,7-14H2/t18-,19+,20+/m0/s1. The molecule has 3 aliphatic rings. The highest BCUT2D eigenvalue weighted by Gasteiger charge is 2.44. The van der Waals surface area contributed by atoms with Crippen molar-refractivity contribution in [1.82, 2.24) is 4.90 Å². The van der Waals surface area contributed by atoms with Gasteiger partial charge in [-0.05, 0) is 49.3 Å². The van der Waals surface area contributed by atoms with Crippen molar-refractivity contribution in [1.29, 1.82) is 0 Å². The van der Waals surface area contributed by atoms with E-state index >= 15 is 0 Å². The molecule has 0 aromatic heterocycles. The number of fused-ring (bicyclic) bond motifs is 1. The molecule has 0 amide bonds. The number of hydrogen-bond acceptors (Lipinski definition) is 4.